The fourth-order valence-electron chi connectivity index (χ4n) is 3.18. The zero-order valence-electron chi connectivity index (χ0n) is 16.0. The second-order valence-corrected chi connectivity index (χ2v) is 8.98. The van der Waals surface area contributed by atoms with Crippen molar-refractivity contribution >= 4 is 21.6 Å². The van der Waals surface area contributed by atoms with Crippen LogP contribution in [0.5, 0.6) is 0 Å². The normalized spacial score (nSPS) is 20.7. The summed E-state index contributed by atoms with van der Waals surface area (Å²) in [6.07, 6.45) is -0.374. The van der Waals surface area contributed by atoms with Gasteiger partial charge in [0.15, 0.2) is 0 Å². The van der Waals surface area contributed by atoms with Crippen LogP contribution in [0.4, 0.5) is 10.1 Å². The number of nitrogens with one attached hydrogen (secondary N) is 1. The SMILES string of the molecule is Cc1ccc(F)c(NC(=O)c2ccc(S(=O)(=O)N3C[C@@H](C)O[C@@H](C)C3)cc2)c1. The minimum Gasteiger partial charge on any atom is -0.373 e. The summed E-state index contributed by atoms with van der Waals surface area (Å²) in [6.45, 7) is 6.01. The summed E-state index contributed by atoms with van der Waals surface area (Å²) < 4.78 is 46.5. The predicted octanol–water partition coefficient (Wildman–Crippen LogP) is 3.18. The number of aryl methyl sites for hydroxylation is 1. The first-order valence-corrected chi connectivity index (χ1v) is 10.4. The zero-order valence-corrected chi connectivity index (χ0v) is 16.8. The van der Waals surface area contributed by atoms with Crippen molar-refractivity contribution in [1.82, 2.24) is 4.31 Å². The van der Waals surface area contributed by atoms with E-state index in [1.54, 1.807) is 13.0 Å². The molecule has 1 fully saturated rings. The smallest absolute Gasteiger partial charge is 0.255 e. The van der Waals surface area contributed by atoms with Gasteiger partial charge < -0.3 is 10.1 Å². The van der Waals surface area contributed by atoms with Crippen LogP contribution in [0.2, 0.25) is 0 Å². The van der Waals surface area contributed by atoms with Crippen molar-refractivity contribution in [2.45, 2.75) is 37.9 Å². The van der Waals surface area contributed by atoms with Crippen LogP contribution < -0.4 is 5.32 Å². The number of rotatable bonds is 4. The van der Waals surface area contributed by atoms with Gasteiger partial charge in [-0.1, -0.05) is 6.07 Å². The maximum absolute atomic E-state index is 13.8. The van der Waals surface area contributed by atoms with Gasteiger partial charge in [0.25, 0.3) is 5.91 Å². The van der Waals surface area contributed by atoms with Crippen LogP contribution in [0.15, 0.2) is 47.4 Å². The van der Waals surface area contributed by atoms with Gasteiger partial charge in [-0.15, -0.1) is 0 Å². The van der Waals surface area contributed by atoms with E-state index in [2.05, 4.69) is 5.32 Å². The van der Waals surface area contributed by atoms with Crippen molar-refractivity contribution in [3.05, 3.63) is 59.4 Å². The Morgan fingerprint density at radius 2 is 1.71 bits per heavy atom. The Bertz CT molecular complexity index is 966. The number of sulfonamides is 1. The van der Waals surface area contributed by atoms with Crippen LogP contribution in [0.1, 0.15) is 29.8 Å². The van der Waals surface area contributed by atoms with Crippen molar-refractivity contribution in [2.24, 2.45) is 0 Å². The highest BCUT2D eigenvalue weighted by molar-refractivity contribution is 7.89. The highest BCUT2D eigenvalue weighted by Crippen LogP contribution is 2.22. The van der Waals surface area contributed by atoms with E-state index in [0.717, 1.165) is 5.56 Å². The van der Waals surface area contributed by atoms with E-state index in [1.807, 2.05) is 13.8 Å². The lowest BCUT2D eigenvalue weighted by atomic mass is 10.2. The van der Waals surface area contributed by atoms with E-state index >= 15 is 0 Å². The largest absolute Gasteiger partial charge is 0.373 e. The highest BCUT2D eigenvalue weighted by atomic mass is 32.2. The van der Waals surface area contributed by atoms with Crippen LogP contribution >= 0.6 is 0 Å². The summed E-state index contributed by atoms with van der Waals surface area (Å²) in [4.78, 5) is 12.5. The number of nitrogens with zero attached hydrogens (tertiary/aromatic N) is 1. The Morgan fingerprint density at radius 1 is 1.11 bits per heavy atom. The summed E-state index contributed by atoms with van der Waals surface area (Å²) in [5, 5.41) is 2.51. The molecule has 1 N–H and O–H groups in total. The minimum absolute atomic E-state index is 0.0815. The van der Waals surface area contributed by atoms with E-state index in [9.17, 15) is 17.6 Å². The molecule has 2 aromatic carbocycles. The van der Waals surface area contributed by atoms with Gasteiger partial charge >= 0.3 is 0 Å². The number of ether oxygens (including phenoxy) is 1. The Balaban J connectivity index is 1.77. The molecule has 0 saturated carbocycles. The number of benzene rings is 2. The summed E-state index contributed by atoms with van der Waals surface area (Å²) in [5.41, 5.74) is 1.13. The third kappa shape index (κ3) is 4.40. The maximum Gasteiger partial charge on any atom is 0.255 e. The molecule has 1 amide bonds. The second kappa shape index (κ2) is 7.98. The first kappa shape index (κ1) is 20.4. The van der Waals surface area contributed by atoms with E-state index < -0.39 is 21.7 Å². The molecular formula is C20H23FN2O4S. The molecule has 1 saturated heterocycles. The van der Waals surface area contributed by atoms with Crippen molar-refractivity contribution in [3.63, 3.8) is 0 Å². The number of anilines is 1. The summed E-state index contributed by atoms with van der Waals surface area (Å²) in [5.74, 6) is -1.05. The lowest BCUT2D eigenvalue weighted by molar-refractivity contribution is -0.0440. The van der Waals surface area contributed by atoms with Gasteiger partial charge in [-0.25, -0.2) is 12.8 Å². The molecule has 2 aromatic rings. The zero-order chi connectivity index (χ0) is 20.5. The molecule has 6 nitrogen and oxygen atoms in total. The van der Waals surface area contributed by atoms with Gasteiger partial charge in [-0.2, -0.15) is 4.31 Å². The van der Waals surface area contributed by atoms with Crippen LogP contribution in [0.25, 0.3) is 0 Å². The number of carbonyl (C=O) groups is 1. The molecule has 0 aliphatic carbocycles. The lowest BCUT2D eigenvalue weighted by Crippen LogP contribution is -2.48. The van der Waals surface area contributed by atoms with Gasteiger partial charge in [0.1, 0.15) is 5.82 Å². The van der Waals surface area contributed by atoms with Gasteiger partial charge in [0.05, 0.1) is 22.8 Å². The molecule has 0 unspecified atom stereocenters. The fraction of sp³-hybridized carbons (Fsp3) is 0.350. The molecule has 3 rings (SSSR count). The predicted molar refractivity (Wildman–Crippen MR) is 104 cm³/mol. The quantitative estimate of drug-likeness (QED) is 0.846. The van der Waals surface area contributed by atoms with E-state index in [4.69, 9.17) is 4.74 Å². The molecule has 0 radical (unpaired) electrons. The molecule has 0 aromatic heterocycles. The van der Waals surface area contributed by atoms with Crippen molar-refractivity contribution in [1.29, 1.82) is 0 Å². The van der Waals surface area contributed by atoms with Crippen molar-refractivity contribution in [3.8, 4) is 0 Å². The molecule has 1 heterocycles. The van der Waals surface area contributed by atoms with E-state index in [1.165, 1.54) is 40.7 Å². The number of amides is 1. The minimum atomic E-state index is -3.68. The first-order valence-electron chi connectivity index (χ1n) is 9.00. The number of hydrogen-bond donors (Lipinski definition) is 1. The average molecular weight is 406 g/mol. The van der Waals surface area contributed by atoms with Crippen LogP contribution in [-0.2, 0) is 14.8 Å². The number of hydrogen-bond acceptors (Lipinski definition) is 4. The van der Waals surface area contributed by atoms with Crippen molar-refractivity contribution < 1.29 is 22.3 Å². The van der Waals surface area contributed by atoms with E-state index in [0.29, 0.717) is 0 Å². The Hall–Kier alpha value is -2.29. The van der Waals surface area contributed by atoms with Crippen LogP contribution in [-0.4, -0.2) is 43.9 Å². The van der Waals surface area contributed by atoms with Crippen LogP contribution in [0.3, 0.4) is 0 Å². The van der Waals surface area contributed by atoms with Crippen molar-refractivity contribution in [2.75, 3.05) is 18.4 Å². The number of morpholine rings is 1. The van der Waals surface area contributed by atoms with Gasteiger partial charge in [0, 0.05) is 18.7 Å². The molecule has 2 atom stereocenters. The standard InChI is InChI=1S/C20H23FN2O4S/c1-13-4-9-18(21)19(10-13)22-20(24)16-5-7-17(8-6-16)28(25,26)23-11-14(2)27-15(3)12-23/h4-10,14-15H,11-12H2,1-3H3,(H,22,24)/t14-,15+. The molecule has 0 bridgehead atoms. The van der Waals surface area contributed by atoms with Gasteiger partial charge in [0.2, 0.25) is 10.0 Å². The van der Waals surface area contributed by atoms with Gasteiger partial charge in [-0.05, 0) is 62.7 Å². The molecular weight excluding hydrogens is 383 g/mol. The van der Waals surface area contributed by atoms with Gasteiger partial charge in [-0.3, -0.25) is 4.79 Å². The lowest BCUT2D eigenvalue weighted by Gasteiger charge is -2.34. The molecule has 28 heavy (non-hydrogen) atoms. The summed E-state index contributed by atoms with van der Waals surface area (Å²) >= 11 is 0. The van der Waals surface area contributed by atoms with Crippen LogP contribution in [0, 0.1) is 12.7 Å². The summed E-state index contributed by atoms with van der Waals surface area (Å²) in [6, 6.07) is 10.0. The molecule has 1 aliphatic heterocycles. The summed E-state index contributed by atoms with van der Waals surface area (Å²) in [7, 11) is -3.68. The molecule has 0 spiro atoms. The third-order valence-electron chi connectivity index (χ3n) is 4.51. The second-order valence-electron chi connectivity index (χ2n) is 7.04. The Labute approximate surface area is 164 Å². The number of halogens is 1. The molecule has 150 valence electrons. The first-order chi connectivity index (χ1) is 13.2. The Kier molecular flexibility index (Phi) is 5.83. The monoisotopic (exact) mass is 406 g/mol. The molecule has 8 heteroatoms. The van der Waals surface area contributed by atoms with E-state index in [-0.39, 0.29) is 41.4 Å². The highest BCUT2D eigenvalue weighted by Gasteiger charge is 2.32. The number of carbonyl (C=O) groups excluding carboxylic acids is 1. The third-order valence-corrected chi connectivity index (χ3v) is 6.36. The average Bonchev–Trinajstić information content (AvgIpc) is 2.64. The maximum atomic E-state index is 13.8. The molecule has 1 aliphatic rings. The fourth-order valence-corrected chi connectivity index (χ4v) is 4.77. The Morgan fingerprint density at radius 3 is 2.32 bits per heavy atom. The topological polar surface area (TPSA) is 75.7 Å².